The minimum absolute atomic E-state index is 0.0231. The van der Waals surface area contributed by atoms with Gasteiger partial charge in [-0.3, -0.25) is 4.79 Å². The molecule has 96 valence electrons. The van der Waals surface area contributed by atoms with E-state index in [0.29, 0.717) is 6.61 Å². The molecule has 0 aliphatic rings. The van der Waals surface area contributed by atoms with Crippen molar-refractivity contribution in [3.63, 3.8) is 0 Å². The zero-order valence-electron chi connectivity index (χ0n) is 10.2. The summed E-state index contributed by atoms with van der Waals surface area (Å²) >= 11 is 0. The number of unbranched alkanes of at least 4 members (excludes halogenated alkanes) is 1. The third-order valence-corrected chi connectivity index (χ3v) is 3.01. The first kappa shape index (κ1) is 15.4. The molecule has 0 fully saturated rings. The third kappa shape index (κ3) is 9.92. The first-order valence-electron chi connectivity index (χ1n) is 5.42. The maximum absolute atomic E-state index is 11.2. The van der Waals surface area contributed by atoms with Crippen LogP contribution in [0.3, 0.4) is 0 Å². The van der Waals surface area contributed by atoms with Crippen molar-refractivity contribution in [3.05, 3.63) is 0 Å². The van der Waals surface area contributed by atoms with Crippen LogP contribution < -0.4 is 5.32 Å². The van der Waals surface area contributed by atoms with Gasteiger partial charge in [0.15, 0.2) is 0 Å². The molecule has 1 N–H and O–H groups in total. The molecule has 0 spiro atoms. The Morgan fingerprint density at radius 3 is 2.56 bits per heavy atom. The molecule has 0 radical (unpaired) electrons. The molecule has 1 atom stereocenters. The summed E-state index contributed by atoms with van der Waals surface area (Å²) < 4.78 is 26.8. The van der Waals surface area contributed by atoms with E-state index in [1.165, 1.54) is 6.26 Å². The van der Waals surface area contributed by atoms with Crippen LogP contribution in [-0.2, 0) is 19.4 Å². The number of hydrogen-bond donors (Lipinski definition) is 1. The van der Waals surface area contributed by atoms with E-state index in [0.717, 1.165) is 12.8 Å². The van der Waals surface area contributed by atoms with E-state index in [9.17, 15) is 13.2 Å². The third-order valence-electron chi connectivity index (χ3n) is 1.91. The van der Waals surface area contributed by atoms with E-state index in [-0.39, 0.29) is 24.3 Å². The molecule has 0 aromatic rings. The van der Waals surface area contributed by atoms with Gasteiger partial charge in [0.1, 0.15) is 9.84 Å². The Kier molecular flexibility index (Phi) is 7.33. The fourth-order valence-electron chi connectivity index (χ4n) is 1.15. The van der Waals surface area contributed by atoms with Crippen LogP contribution in [0.25, 0.3) is 0 Å². The molecule has 6 heteroatoms. The number of rotatable bonds is 8. The quantitative estimate of drug-likeness (QED) is 0.498. The second-order valence-electron chi connectivity index (χ2n) is 3.95. The Morgan fingerprint density at radius 1 is 1.44 bits per heavy atom. The van der Waals surface area contributed by atoms with Gasteiger partial charge in [-0.25, -0.2) is 8.42 Å². The Bertz CT molecular complexity index is 300. The van der Waals surface area contributed by atoms with Gasteiger partial charge in [0, 0.05) is 12.3 Å². The monoisotopic (exact) mass is 251 g/mol. The first-order chi connectivity index (χ1) is 7.35. The molecule has 0 aliphatic heterocycles. The predicted molar refractivity (Wildman–Crippen MR) is 63.0 cm³/mol. The van der Waals surface area contributed by atoms with E-state index in [2.05, 4.69) is 5.32 Å². The second kappa shape index (κ2) is 7.62. The predicted octanol–water partition coefficient (Wildman–Crippen LogP) is 0.352. The number of nitrogens with one attached hydrogen (secondary N) is 1. The minimum Gasteiger partial charge on any atom is -0.465 e. The Labute approximate surface area is 97.5 Å². The van der Waals surface area contributed by atoms with Crippen molar-refractivity contribution in [3.8, 4) is 0 Å². The number of ether oxygens (including phenoxy) is 1. The van der Waals surface area contributed by atoms with Crippen LogP contribution in [0.4, 0.5) is 0 Å². The maximum Gasteiger partial charge on any atom is 0.319 e. The van der Waals surface area contributed by atoms with Crippen molar-refractivity contribution in [2.24, 2.45) is 0 Å². The van der Waals surface area contributed by atoms with Crippen LogP contribution in [0.5, 0.6) is 0 Å². The highest BCUT2D eigenvalue weighted by Crippen LogP contribution is 1.91. The topological polar surface area (TPSA) is 72.5 Å². The molecule has 0 bridgehead atoms. The molecule has 1 unspecified atom stereocenters. The highest BCUT2D eigenvalue weighted by Gasteiger charge is 2.11. The summed E-state index contributed by atoms with van der Waals surface area (Å²) in [4.78, 5) is 11.2. The lowest BCUT2D eigenvalue weighted by atomic mass is 10.3. The summed E-state index contributed by atoms with van der Waals surface area (Å²) in [6.07, 6.45) is 3.00. The van der Waals surface area contributed by atoms with Gasteiger partial charge in [-0.1, -0.05) is 13.3 Å². The molecule has 0 rings (SSSR count). The zero-order chi connectivity index (χ0) is 12.6. The van der Waals surface area contributed by atoms with Crippen molar-refractivity contribution < 1.29 is 17.9 Å². The maximum atomic E-state index is 11.2. The van der Waals surface area contributed by atoms with E-state index >= 15 is 0 Å². The summed E-state index contributed by atoms with van der Waals surface area (Å²) in [6.45, 7) is 4.22. The largest absolute Gasteiger partial charge is 0.465 e. The summed E-state index contributed by atoms with van der Waals surface area (Å²) in [5.74, 6) is -0.316. The van der Waals surface area contributed by atoms with Crippen LogP contribution in [0.1, 0.15) is 26.7 Å². The van der Waals surface area contributed by atoms with E-state index in [1.54, 1.807) is 6.92 Å². The van der Waals surface area contributed by atoms with Gasteiger partial charge in [0.2, 0.25) is 0 Å². The van der Waals surface area contributed by atoms with E-state index in [4.69, 9.17) is 4.74 Å². The zero-order valence-corrected chi connectivity index (χ0v) is 11.0. The van der Waals surface area contributed by atoms with Crippen molar-refractivity contribution in [2.45, 2.75) is 32.7 Å². The fourth-order valence-corrected chi connectivity index (χ4v) is 2.18. The molecular formula is C10H21NO4S. The summed E-state index contributed by atoms with van der Waals surface area (Å²) in [6, 6.07) is -0.242. The first-order valence-corrected chi connectivity index (χ1v) is 7.48. The molecule has 0 amide bonds. The van der Waals surface area contributed by atoms with Gasteiger partial charge in [-0.05, 0) is 13.3 Å². The van der Waals surface area contributed by atoms with Crippen molar-refractivity contribution in [1.82, 2.24) is 5.32 Å². The molecule has 0 aromatic carbocycles. The van der Waals surface area contributed by atoms with Crippen LogP contribution in [0.2, 0.25) is 0 Å². The molecule has 0 aliphatic carbocycles. The van der Waals surface area contributed by atoms with E-state index < -0.39 is 9.84 Å². The highest BCUT2D eigenvalue weighted by atomic mass is 32.2. The van der Waals surface area contributed by atoms with Gasteiger partial charge in [-0.2, -0.15) is 0 Å². The number of esters is 1. The fraction of sp³-hybridized carbons (Fsp3) is 0.900. The Hall–Kier alpha value is -0.620. The molecule has 0 saturated heterocycles. The smallest absolute Gasteiger partial charge is 0.319 e. The molecular weight excluding hydrogens is 230 g/mol. The van der Waals surface area contributed by atoms with Gasteiger partial charge in [-0.15, -0.1) is 0 Å². The average molecular weight is 251 g/mol. The number of carbonyl (C=O) groups excluding carboxylic acids is 1. The average Bonchev–Trinajstić information content (AvgIpc) is 2.12. The summed E-state index contributed by atoms with van der Waals surface area (Å²) in [5.41, 5.74) is 0. The number of sulfone groups is 1. The Balaban J connectivity index is 3.67. The summed E-state index contributed by atoms with van der Waals surface area (Å²) in [7, 11) is -3.01. The van der Waals surface area contributed by atoms with Crippen molar-refractivity contribution >= 4 is 15.8 Å². The van der Waals surface area contributed by atoms with E-state index in [1.807, 2.05) is 6.92 Å². The van der Waals surface area contributed by atoms with Crippen molar-refractivity contribution in [1.29, 1.82) is 0 Å². The number of carbonyl (C=O) groups is 1. The Morgan fingerprint density at radius 2 is 2.06 bits per heavy atom. The van der Waals surface area contributed by atoms with Crippen LogP contribution >= 0.6 is 0 Å². The standard InChI is InChI=1S/C10H21NO4S/c1-4-5-6-15-10(12)7-11-9(2)8-16(3,13)14/h9,11H,4-8H2,1-3H3. The van der Waals surface area contributed by atoms with Gasteiger partial charge in [0.25, 0.3) is 0 Å². The lowest BCUT2D eigenvalue weighted by Crippen LogP contribution is -2.36. The number of hydrogen-bond acceptors (Lipinski definition) is 5. The lowest BCUT2D eigenvalue weighted by Gasteiger charge is -2.11. The SMILES string of the molecule is CCCCOC(=O)CNC(C)CS(C)(=O)=O. The van der Waals surface area contributed by atoms with Crippen LogP contribution in [0, 0.1) is 0 Å². The highest BCUT2D eigenvalue weighted by molar-refractivity contribution is 7.90. The molecule has 16 heavy (non-hydrogen) atoms. The molecule has 0 aromatic heterocycles. The van der Waals surface area contributed by atoms with Gasteiger partial charge < -0.3 is 10.1 Å². The van der Waals surface area contributed by atoms with Crippen molar-refractivity contribution in [2.75, 3.05) is 25.2 Å². The van der Waals surface area contributed by atoms with Crippen LogP contribution in [-0.4, -0.2) is 45.6 Å². The molecule has 5 nitrogen and oxygen atoms in total. The van der Waals surface area contributed by atoms with Gasteiger partial charge in [0.05, 0.1) is 18.9 Å². The minimum atomic E-state index is -3.01. The molecule has 0 saturated carbocycles. The normalized spacial score (nSPS) is 13.4. The van der Waals surface area contributed by atoms with Gasteiger partial charge >= 0.3 is 5.97 Å². The van der Waals surface area contributed by atoms with Crippen LogP contribution in [0.15, 0.2) is 0 Å². The molecule has 0 heterocycles. The summed E-state index contributed by atoms with van der Waals surface area (Å²) in [5, 5.41) is 2.81. The lowest BCUT2D eigenvalue weighted by molar-refractivity contribution is -0.142. The second-order valence-corrected chi connectivity index (χ2v) is 6.13.